The average Bonchev–Trinajstić information content (AvgIpc) is 0.771. The van der Waals surface area contributed by atoms with Gasteiger partial charge in [0.25, 0.3) is 0 Å². The van der Waals surface area contributed by atoms with Crippen LogP contribution in [-0.4, -0.2) is 130 Å². The van der Waals surface area contributed by atoms with E-state index in [1.54, 1.807) is 0 Å². The minimum absolute atomic E-state index is 0. The molecule has 0 fully saturated rings. The van der Waals surface area contributed by atoms with Crippen molar-refractivity contribution in [1.82, 2.24) is 29.7 Å². The molecule has 526 valence electrons. The number of halogens is 3. The average molecular weight is 1420 g/mol. The van der Waals surface area contributed by atoms with Crippen molar-refractivity contribution in [2.75, 3.05) is 55.5 Å². The van der Waals surface area contributed by atoms with Gasteiger partial charge in [0.2, 0.25) is 0 Å². The second kappa shape index (κ2) is 35.3. The molecule has 0 bridgehead atoms. The van der Waals surface area contributed by atoms with Crippen LogP contribution in [0.15, 0.2) is 127 Å². The summed E-state index contributed by atoms with van der Waals surface area (Å²) >= 11 is 18.5. The third-order valence-corrected chi connectivity index (χ3v) is 16.2. The summed E-state index contributed by atoms with van der Waals surface area (Å²) in [5, 5.41) is 25.2. The molecule has 0 aliphatic rings. The quantitative estimate of drug-likeness (QED) is 0.0574. The topological polar surface area (TPSA) is 190 Å². The molecule has 0 unspecified atom stereocenters. The van der Waals surface area contributed by atoms with Gasteiger partial charge in [-0.05, 0) is 280 Å². The number of ether oxygens (including phenoxy) is 4. The maximum absolute atomic E-state index is 12.7. The number of benzene rings is 6. The van der Waals surface area contributed by atoms with E-state index in [4.69, 9.17) is 68.7 Å². The van der Waals surface area contributed by atoms with Crippen molar-refractivity contribution in [2.45, 2.75) is 159 Å². The number of aromatic nitrogens is 3. The summed E-state index contributed by atoms with van der Waals surface area (Å²) in [6.45, 7) is 31.5. The third-order valence-electron chi connectivity index (χ3n) is 15.5. The van der Waals surface area contributed by atoms with Gasteiger partial charge in [-0.15, -0.1) is 0 Å². The molecule has 3 N–H and O–H groups in total. The van der Waals surface area contributed by atoms with E-state index in [2.05, 4.69) is 64.9 Å². The normalized spacial score (nSPS) is 12.9. The minimum atomic E-state index is -1.11. The molecule has 3 heterocycles. The number of pyridine rings is 3. The molecule has 15 nitrogen and oxygen atoms in total. The molecule has 9 aromatic rings. The van der Waals surface area contributed by atoms with Crippen molar-refractivity contribution < 1.29 is 73.8 Å². The molecule has 19 heteroatoms. The number of esters is 1. The van der Waals surface area contributed by atoms with Gasteiger partial charge in [0.1, 0.15) is 18.8 Å². The number of aliphatic hydroxyl groups excluding tert-OH is 1. The summed E-state index contributed by atoms with van der Waals surface area (Å²) in [5.74, 6) is -1.28. The van der Waals surface area contributed by atoms with Crippen molar-refractivity contribution >= 4 is 79.5 Å². The first kappa shape index (κ1) is 83.7. The Balaban J connectivity index is 0.000000266. The van der Waals surface area contributed by atoms with Gasteiger partial charge in [-0.1, -0.05) is 89.4 Å². The van der Waals surface area contributed by atoms with E-state index in [-0.39, 0.29) is 59.8 Å². The first-order chi connectivity index (χ1) is 45.2. The molecule has 3 aromatic heterocycles. The smallest absolute Gasteiger partial charge is 0.870 e. The monoisotopic (exact) mass is 1420 g/mol. The predicted molar refractivity (Wildman–Crippen MR) is 401 cm³/mol. The first-order valence-electron chi connectivity index (χ1n) is 32.8. The fourth-order valence-electron chi connectivity index (χ4n) is 11.7. The fourth-order valence-corrected chi connectivity index (χ4v) is 12.1. The van der Waals surface area contributed by atoms with Gasteiger partial charge in [0, 0.05) is 56.4 Å². The Labute approximate surface area is 624 Å². The number of nitrogens with zero attached hydrogens (tertiary/aromatic N) is 6. The summed E-state index contributed by atoms with van der Waals surface area (Å²) in [6.07, 6.45) is -2.02. The van der Waals surface area contributed by atoms with Crippen molar-refractivity contribution in [2.24, 2.45) is 5.41 Å². The molecular weight excluding hydrogens is 1320 g/mol. The number of carbonyl (C=O) groups excluding carboxylic acids is 1. The number of carboxylic acids is 1. The van der Waals surface area contributed by atoms with Gasteiger partial charge in [0.15, 0.2) is 6.10 Å². The molecule has 0 aliphatic carbocycles. The van der Waals surface area contributed by atoms with E-state index in [1.807, 2.05) is 223 Å². The molecule has 3 atom stereocenters. The molecule has 0 saturated carbocycles. The maximum Gasteiger partial charge on any atom is 1.00 e. The molecule has 99 heavy (non-hydrogen) atoms. The van der Waals surface area contributed by atoms with E-state index < -0.39 is 40.9 Å². The molecular formula is C80H100Cl3N6NaO9. The van der Waals surface area contributed by atoms with E-state index in [0.717, 1.165) is 131 Å². The number of hydrogen-bond donors (Lipinski definition) is 2. The molecule has 9 rings (SSSR count). The van der Waals surface area contributed by atoms with Crippen LogP contribution >= 0.6 is 34.8 Å². The molecule has 0 saturated heterocycles. The molecule has 0 spiro atoms. The Bertz CT molecular complexity index is 4220. The maximum atomic E-state index is 12.7. The SMILES string of the molecule is Cc1cc2nc(CN(C)C)ccc2c(-c2ccc(Cl)cc2)c1[C@@H](CO)OC(C)(C)C.Cc1cc2nc(CN(C)C)ccc2c(-c2ccc(Cl)cc2)c1[C@@H](COC(=O)C(C)(C)C)OC(C)(C)C.Cc1cc2nc(CN(C)C)ccc2c(-c2ccc(Cl)cc2)c1[C@H](OC(C)(C)C)C(=O)O.[Na+].[OH-]. The van der Waals surface area contributed by atoms with Gasteiger partial charge in [-0.25, -0.2) is 4.79 Å². The minimum Gasteiger partial charge on any atom is -0.870 e. The van der Waals surface area contributed by atoms with Gasteiger partial charge < -0.3 is 49.3 Å². The van der Waals surface area contributed by atoms with Crippen molar-refractivity contribution in [3.8, 4) is 33.4 Å². The Morgan fingerprint density at radius 1 is 0.455 bits per heavy atom. The van der Waals surface area contributed by atoms with Crippen LogP contribution in [0.1, 0.15) is 152 Å². The summed E-state index contributed by atoms with van der Waals surface area (Å²) in [5.41, 5.74) is 14.9. The largest absolute Gasteiger partial charge is 1.00 e. The number of aliphatic hydroxyl groups is 1. The van der Waals surface area contributed by atoms with E-state index in [0.29, 0.717) is 20.6 Å². The second-order valence-corrected chi connectivity index (χ2v) is 31.0. The van der Waals surface area contributed by atoms with Crippen molar-refractivity contribution in [3.63, 3.8) is 0 Å². The zero-order valence-electron chi connectivity index (χ0n) is 62.0. The van der Waals surface area contributed by atoms with Gasteiger partial charge >= 0.3 is 41.5 Å². The van der Waals surface area contributed by atoms with E-state index in [9.17, 15) is 19.8 Å². The van der Waals surface area contributed by atoms with Crippen LogP contribution in [0.25, 0.3) is 66.1 Å². The molecule has 0 radical (unpaired) electrons. The van der Waals surface area contributed by atoms with Crippen LogP contribution in [0.5, 0.6) is 0 Å². The number of aryl methyl sites for hydroxylation is 3. The van der Waals surface area contributed by atoms with Crippen LogP contribution in [0.2, 0.25) is 15.1 Å². The van der Waals surface area contributed by atoms with E-state index >= 15 is 0 Å². The fraction of sp³-hybridized carbons (Fsp3) is 0.412. The number of rotatable bonds is 19. The van der Waals surface area contributed by atoms with Gasteiger partial charge in [-0.2, -0.15) is 0 Å². The van der Waals surface area contributed by atoms with Crippen LogP contribution in [0.3, 0.4) is 0 Å². The summed E-state index contributed by atoms with van der Waals surface area (Å²) in [7, 11) is 12.1. The Kier molecular flexibility index (Phi) is 29.8. The zero-order chi connectivity index (χ0) is 71.8. The number of aliphatic carboxylic acids is 1. The van der Waals surface area contributed by atoms with Crippen molar-refractivity contribution in [3.05, 3.63) is 193 Å². The second-order valence-electron chi connectivity index (χ2n) is 29.7. The summed E-state index contributed by atoms with van der Waals surface area (Å²) in [6, 6.07) is 41.6. The van der Waals surface area contributed by atoms with E-state index in [1.165, 1.54) is 0 Å². The van der Waals surface area contributed by atoms with Gasteiger partial charge in [0.05, 0.1) is 62.5 Å². The molecule has 0 aliphatic heterocycles. The number of carboxylic acid groups (broad SMARTS) is 1. The standard InChI is InChI=1S/C30H39ClN2O3.C25H29ClN2O3.C25H31ClN2O2.Na.H2O/c1-19-16-24-23(15-14-22(32-24)17-33(8)9)27(20-10-12-21(31)13-11-20)26(19)25(36-30(5,6)7)18-35-28(34)29(2,3)4;1-15-13-20-19(12-11-18(27-20)14-28(5)6)22(16-7-9-17(26)10-8-16)21(15)23(24(29)30)31-25(2,3)4;1-16-13-21-20(12-11-19(27-21)14-28(5)6)24(17-7-9-18(26)10-8-17)23(16)22(15-29)30-25(2,3)4;;/h10-16,25H,17-18H2,1-9H3;7-13,23H,14H2,1-6H3,(H,29,30);7-13,22,29H,14-15H2,1-6H3;;1H2/q;;;+1;/p-1/t25-;23-;22-;;/m101../s1. The number of fused-ring (bicyclic) bond motifs is 3. The number of carbonyl (C=O) groups is 2. The zero-order valence-corrected chi connectivity index (χ0v) is 66.3. The summed E-state index contributed by atoms with van der Waals surface area (Å²) < 4.78 is 24.6. The Morgan fingerprint density at radius 2 is 0.747 bits per heavy atom. The van der Waals surface area contributed by atoms with Crippen LogP contribution in [-0.2, 0) is 48.2 Å². The number of hydrogen-bond acceptors (Lipinski definition) is 14. The van der Waals surface area contributed by atoms with Crippen LogP contribution in [0, 0.1) is 26.2 Å². The Morgan fingerprint density at radius 3 is 1.03 bits per heavy atom. The summed E-state index contributed by atoms with van der Waals surface area (Å²) in [4.78, 5) is 46.0. The van der Waals surface area contributed by atoms with Gasteiger partial charge in [-0.3, -0.25) is 19.7 Å². The third kappa shape index (κ3) is 23.3. The Hall–Kier alpha value is -5.96. The van der Waals surface area contributed by atoms with Crippen LogP contribution < -0.4 is 29.6 Å². The first-order valence-corrected chi connectivity index (χ1v) is 33.9. The molecule has 0 amide bonds. The van der Waals surface area contributed by atoms with Crippen LogP contribution in [0.4, 0.5) is 0 Å². The molecule has 6 aromatic carbocycles. The predicted octanol–water partition coefficient (Wildman–Crippen LogP) is 15.8. The van der Waals surface area contributed by atoms with Crippen molar-refractivity contribution in [1.29, 1.82) is 0 Å².